The first-order valence-electron chi connectivity index (χ1n) is 5.25. The van der Waals surface area contributed by atoms with E-state index in [9.17, 15) is 0 Å². The third-order valence-electron chi connectivity index (χ3n) is 3.12. The van der Waals surface area contributed by atoms with Crippen molar-refractivity contribution in [2.45, 2.75) is 38.0 Å². The molecule has 1 aliphatic heterocycles. The number of nitrogens with two attached hydrogens (primary N) is 1. The highest BCUT2D eigenvalue weighted by Crippen LogP contribution is 2.37. The Morgan fingerprint density at radius 2 is 2.08 bits per heavy atom. The van der Waals surface area contributed by atoms with E-state index in [1.165, 1.54) is 12.2 Å². The van der Waals surface area contributed by atoms with Gasteiger partial charge in [0.2, 0.25) is 0 Å². The van der Waals surface area contributed by atoms with Crippen LogP contribution in [0.15, 0.2) is 0 Å². The Bertz CT molecular complexity index is 159. The summed E-state index contributed by atoms with van der Waals surface area (Å²) in [6, 6.07) is 0. The molecule has 1 fully saturated rings. The van der Waals surface area contributed by atoms with E-state index in [2.05, 4.69) is 37.4 Å². The van der Waals surface area contributed by atoms with Crippen molar-refractivity contribution >= 4 is 11.8 Å². The normalized spacial score (nSPS) is 34.4. The summed E-state index contributed by atoms with van der Waals surface area (Å²) in [6.45, 7) is 9.84. The fourth-order valence-corrected chi connectivity index (χ4v) is 3.78. The molecule has 2 atom stereocenters. The molecular weight excluding hydrogens is 180 g/mol. The van der Waals surface area contributed by atoms with Gasteiger partial charge in [-0.3, -0.25) is 4.90 Å². The Morgan fingerprint density at radius 3 is 2.38 bits per heavy atom. The van der Waals surface area contributed by atoms with Crippen LogP contribution in [0.25, 0.3) is 0 Å². The number of hydrogen-bond acceptors (Lipinski definition) is 3. The summed E-state index contributed by atoms with van der Waals surface area (Å²) < 4.78 is 0. The fraction of sp³-hybridized carbons (Fsp3) is 1.00. The van der Waals surface area contributed by atoms with Crippen molar-refractivity contribution in [3.05, 3.63) is 0 Å². The molecule has 0 aliphatic carbocycles. The quantitative estimate of drug-likeness (QED) is 0.750. The molecule has 0 aromatic heterocycles. The van der Waals surface area contributed by atoms with Gasteiger partial charge in [0.25, 0.3) is 0 Å². The van der Waals surface area contributed by atoms with E-state index in [1.54, 1.807) is 0 Å². The number of nitrogens with zero attached hydrogens (tertiary/aromatic N) is 1. The first-order chi connectivity index (χ1) is 6.18. The number of thioether (sulfide) groups is 1. The zero-order valence-electron chi connectivity index (χ0n) is 9.05. The predicted octanol–water partition coefficient (Wildman–Crippen LogP) is 1.55. The van der Waals surface area contributed by atoms with Crippen molar-refractivity contribution in [3.63, 3.8) is 0 Å². The van der Waals surface area contributed by atoms with Gasteiger partial charge >= 0.3 is 0 Å². The Labute approximate surface area is 86.2 Å². The van der Waals surface area contributed by atoms with Crippen LogP contribution in [-0.2, 0) is 0 Å². The molecule has 1 rings (SSSR count). The number of hydrogen-bond donors (Lipinski definition) is 1. The Kier molecular flexibility index (Phi) is 4.07. The molecule has 0 aromatic rings. The van der Waals surface area contributed by atoms with Crippen LogP contribution in [0.2, 0.25) is 0 Å². The van der Waals surface area contributed by atoms with Crippen molar-refractivity contribution in [1.82, 2.24) is 4.90 Å². The van der Waals surface area contributed by atoms with Crippen molar-refractivity contribution in [1.29, 1.82) is 0 Å². The molecule has 2 N–H and O–H groups in total. The molecule has 2 unspecified atom stereocenters. The molecule has 1 heterocycles. The minimum atomic E-state index is 0.299. The first kappa shape index (κ1) is 11.3. The monoisotopic (exact) mass is 202 g/mol. The van der Waals surface area contributed by atoms with Gasteiger partial charge in [0.1, 0.15) is 0 Å². The SMILES string of the molecule is CCN(CC)C1(CN)CSC(C)C1. The van der Waals surface area contributed by atoms with Gasteiger partial charge < -0.3 is 5.73 Å². The largest absolute Gasteiger partial charge is 0.329 e. The maximum Gasteiger partial charge on any atom is 0.0432 e. The van der Waals surface area contributed by atoms with Crippen LogP contribution in [0.4, 0.5) is 0 Å². The third-order valence-corrected chi connectivity index (χ3v) is 4.56. The summed E-state index contributed by atoms with van der Waals surface area (Å²) in [4.78, 5) is 2.53. The van der Waals surface area contributed by atoms with Crippen LogP contribution in [-0.4, -0.2) is 41.1 Å². The van der Waals surface area contributed by atoms with Crippen LogP contribution in [0.5, 0.6) is 0 Å². The van der Waals surface area contributed by atoms with E-state index >= 15 is 0 Å². The smallest absolute Gasteiger partial charge is 0.0432 e. The molecule has 3 heteroatoms. The molecular formula is C10H22N2S. The van der Waals surface area contributed by atoms with Crippen molar-refractivity contribution in [3.8, 4) is 0 Å². The van der Waals surface area contributed by atoms with Gasteiger partial charge in [0.15, 0.2) is 0 Å². The van der Waals surface area contributed by atoms with E-state index < -0.39 is 0 Å². The second-order valence-corrected chi connectivity index (χ2v) is 5.35. The Hall–Kier alpha value is 0.270. The molecule has 0 saturated carbocycles. The standard InChI is InChI=1S/C10H22N2S/c1-4-12(5-2)10(7-11)6-9(3)13-8-10/h9H,4-8,11H2,1-3H3. The van der Waals surface area contributed by atoms with E-state index in [0.29, 0.717) is 5.54 Å². The molecule has 1 aliphatic rings. The molecule has 0 radical (unpaired) electrons. The van der Waals surface area contributed by atoms with Gasteiger partial charge in [-0.1, -0.05) is 20.8 Å². The van der Waals surface area contributed by atoms with Gasteiger partial charge in [0, 0.05) is 23.1 Å². The molecule has 0 aromatic carbocycles. The van der Waals surface area contributed by atoms with Crippen LogP contribution >= 0.6 is 11.8 Å². The second-order valence-electron chi connectivity index (χ2n) is 3.93. The van der Waals surface area contributed by atoms with E-state index in [0.717, 1.165) is 24.9 Å². The summed E-state index contributed by atoms with van der Waals surface area (Å²) in [5.41, 5.74) is 6.23. The Balaban J connectivity index is 2.68. The zero-order valence-corrected chi connectivity index (χ0v) is 9.86. The maximum atomic E-state index is 5.93. The average molecular weight is 202 g/mol. The van der Waals surface area contributed by atoms with Gasteiger partial charge in [-0.15, -0.1) is 0 Å². The van der Waals surface area contributed by atoms with E-state index in [1.807, 2.05) is 0 Å². The van der Waals surface area contributed by atoms with Crippen molar-refractivity contribution in [2.24, 2.45) is 5.73 Å². The average Bonchev–Trinajstić information content (AvgIpc) is 2.51. The van der Waals surface area contributed by atoms with Crippen LogP contribution in [0.1, 0.15) is 27.2 Å². The summed E-state index contributed by atoms with van der Waals surface area (Å²) in [5.74, 6) is 1.21. The maximum absolute atomic E-state index is 5.93. The van der Waals surface area contributed by atoms with Gasteiger partial charge in [0.05, 0.1) is 0 Å². The van der Waals surface area contributed by atoms with Crippen LogP contribution in [0.3, 0.4) is 0 Å². The molecule has 1 saturated heterocycles. The molecule has 0 bridgehead atoms. The summed E-state index contributed by atoms with van der Waals surface area (Å²) in [6.07, 6.45) is 1.26. The lowest BCUT2D eigenvalue weighted by Gasteiger charge is -2.39. The van der Waals surface area contributed by atoms with E-state index in [4.69, 9.17) is 5.73 Å². The Morgan fingerprint density at radius 1 is 1.46 bits per heavy atom. The van der Waals surface area contributed by atoms with Gasteiger partial charge in [-0.2, -0.15) is 11.8 Å². The topological polar surface area (TPSA) is 29.3 Å². The number of rotatable bonds is 4. The highest BCUT2D eigenvalue weighted by molar-refractivity contribution is 8.00. The molecule has 13 heavy (non-hydrogen) atoms. The highest BCUT2D eigenvalue weighted by atomic mass is 32.2. The van der Waals surface area contributed by atoms with Crippen molar-refractivity contribution < 1.29 is 0 Å². The second kappa shape index (κ2) is 4.67. The molecule has 0 amide bonds. The third kappa shape index (κ3) is 2.20. The van der Waals surface area contributed by atoms with Crippen LogP contribution < -0.4 is 5.73 Å². The minimum Gasteiger partial charge on any atom is -0.329 e. The van der Waals surface area contributed by atoms with Gasteiger partial charge in [-0.05, 0) is 19.5 Å². The van der Waals surface area contributed by atoms with Gasteiger partial charge in [-0.25, -0.2) is 0 Å². The molecule has 0 spiro atoms. The summed E-state index contributed by atoms with van der Waals surface area (Å²) >= 11 is 2.07. The van der Waals surface area contributed by atoms with Crippen molar-refractivity contribution in [2.75, 3.05) is 25.4 Å². The zero-order chi connectivity index (χ0) is 9.90. The lowest BCUT2D eigenvalue weighted by Crippen LogP contribution is -2.54. The lowest BCUT2D eigenvalue weighted by atomic mass is 9.94. The lowest BCUT2D eigenvalue weighted by molar-refractivity contribution is 0.127. The molecule has 78 valence electrons. The highest BCUT2D eigenvalue weighted by Gasteiger charge is 2.40. The summed E-state index contributed by atoms with van der Waals surface area (Å²) in [7, 11) is 0. The minimum absolute atomic E-state index is 0.299. The van der Waals surface area contributed by atoms with Crippen LogP contribution in [0, 0.1) is 0 Å². The number of likely N-dealkylation sites (N-methyl/N-ethyl adjacent to an activating group) is 1. The first-order valence-corrected chi connectivity index (χ1v) is 6.30. The predicted molar refractivity (Wildman–Crippen MR) is 61.2 cm³/mol. The molecule has 2 nitrogen and oxygen atoms in total. The fourth-order valence-electron chi connectivity index (χ4n) is 2.34. The summed E-state index contributed by atoms with van der Waals surface area (Å²) in [5, 5.41) is 0.782. The van der Waals surface area contributed by atoms with E-state index in [-0.39, 0.29) is 0 Å².